The molecule has 90 valence electrons. The zero-order chi connectivity index (χ0) is 11.3. The minimum absolute atomic E-state index is 0.183. The lowest BCUT2D eigenvalue weighted by molar-refractivity contribution is 0.383. The summed E-state index contributed by atoms with van der Waals surface area (Å²) in [5.41, 5.74) is 0. The molecule has 1 aliphatic rings. The molecular formula is C11H23NO2S. The maximum Gasteiger partial charge on any atom is 0.148 e. The lowest BCUT2D eigenvalue weighted by atomic mass is 10.00. The van der Waals surface area contributed by atoms with E-state index in [-0.39, 0.29) is 6.04 Å². The first kappa shape index (κ1) is 13.0. The van der Waals surface area contributed by atoms with E-state index in [1.807, 2.05) is 0 Å². The highest BCUT2D eigenvalue weighted by Crippen LogP contribution is 2.28. The van der Waals surface area contributed by atoms with E-state index in [2.05, 4.69) is 12.2 Å². The standard InChI is InChI=1S/C11H23NO2S/c1-3-8-12-11(9-15(2,13)14)10-6-4-5-7-10/h10-12H,3-9H2,1-2H3. The van der Waals surface area contributed by atoms with Crippen LogP contribution in [0, 0.1) is 5.92 Å². The predicted molar refractivity (Wildman–Crippen MR) is 63.8 cm³/mol. The zero-order valence-electron chi connectivity index (χ0n) is 9.83. The quantitative estimate of drug-likeness (QED) is 0.758. The fourth-order valence-electron chi connectivity index (χ4n) is 2.38. The van der Waals surface area contributed by atoms with Gasteiger partial charge in [0.2, 0.25) is 0 Å². The van der Waals surface area contributed by atoms with Crippen molar-refractivity contribution in [2.24, 2.45) is 5.92 Å². The van der Waals surface area contributed by atoms with Gasteiger partial charge in [-0.25, -0.2) is 8.42 Å². The highest BCUT2D eigenvalue weighted by Gasteiger charge is 2.26. The van der Waals surface area contributed by atoms with Gasteiger partial charge in [-0.05, 0) is 31.7 Å². The van der Waals surface area contributed by atoms with Gasteiger partial charge in [0.25, 0.3) is 0 Å². The third kappa shape index (κ3) is 4.98. The summed E-state index contributed by atoms with van der Waals surface area (Å²) in [5.74, 6) is 0.878. The second-order valence-electron chi connectivity index (χ2n) is 4.70. The molecule has 0 spiro atoms. The lowest BCUT2D eigenvalue weighted by Gasteiger charge is -2.23. The molecule has 0 amide bonds. The van der Waals surface area contributed by atoms with Crippen molar-refractivity contribution < 1.29 is 8.42 Å². The molecule has 15 heavy (non-hydrogen) atoms. The molecule has 0 heterocycles. The number of sulfone groups is 1. The fraction of sp³-hybridized carbons (Fsp3) is 1.00. The SMILES string of the molecule is CCCNC(CS(C)(=O)=O)C1CCCC1. The monoisotopic (exact) mass is 233 g/mol. The molecule has 1 atom stereocenters. The second-order valence-corrected chi connectivity index (χ2v) is 6.88. The van der Waals surface area contributed by atoms with Gasteiger partial charge in [-0.2, -0.15) is 0 Å². The first-order valence-electron chi connectivity index (χ1n) is 5.94. The first-order chi connectivity index (χ1) is 7.03. The largest absolute Gasteiger partial charge is 0.313 e. The van der Waals surface area contributed by atoms with Crippen molar-refractivity contribution in [1.29, 1.82) is 0 Å². The summed E-state index contributed by atoms with van der Waals surface area (Å²) in [6.07, 6.45) is 7.31. The third-order valence-electron chi connectivity index (χ3n) is 3.11. The molecule has 4 heteroatoms. The molecule has 1 unspecified atom stereocenters. The Hall–Kier alpha value is -0.0900. The van der Waals surface area contributed by atoms with Crippen LogP contribution in [0.4, 0.5) is 0 Å². The molecular weight excluding hydrogens is 210 g/mol. The average Bonchev–Trinajstić information content (AvgIpc) is 2.63. The van der Waals surface area contributed by atoms with E-state index >= 15 is 0 Å². The summed E-state index contributed by atoms with van der Waals surface area (Å²) < 4.78 is 22.6. The van der Waals surface area contributed by atoms with E-state index in [9.17, 15) is 8.42 Å². The topological polar surface area (TPSA) is 46.2 Å². The molecule has 0 aromatic rings. The average molecular weight is 233 g/mol. The van der Waals surface area contributed by atoms with Crippen molar-refractivity contribution in [3.8, 4) is 0 Å². The Morgan fingerprint density at radius 1 is 1.33 bits per heavy atom. The molecule has 1 fully saturated rings. The Balaban J connectivity index is 2.51. The lowest BCUT2D eigenvalue weighted by Crippen LogP contribution is -2.41. The summed E-state index contributed by atoms with van der Waals surface area (Å²) in [6, 6.07) is 0.183. The molecule has 0 bridgehead atoms. The zero-order valence-corrected chi connectivity index (χ0v) is 10.6. The van der Waals surface area contributed by atoms with Gasteiger partial charge in [0.05, 0.1) is 5.75 Å². The Morgan fingerprint density at radius 2 is 1.93 bits per heavy atom. The summed E-state index contributed by atoms with van der Waals surface area (Å²) in [7, 11) is -2.85. The molecule has 1 rings (SSSR count). The van der Waals surface area contributed by atoms with E-state index in [1.54, 1.807) is 0 Å². The van der Waals surface area contributed by atoms with Crippen molar-refractivity contribution in [3.63, 3.8) is 0 Å². The molecule has 0 saturated heterocycles. The highest BCUT2D eigenvalue weighted by atomic mass is 32.2. The van der Waals surface area contributed by atoms with E-state index in [0.29, 0.717) is 11.7 Å². The summed E-state index contributed by atoms with van der Waals surface area (Å²) in [5, 5.41) is 3.39. The van der Waals surface area contributed by atoms with Gasteiger partial charge in [0.1, 0.15) is 9.84 Å². The summed E-state index contributed by atoms with van der Waals surface area (Å²) in [4.78, 5) is 0. The van der Waals surface area contributed by atoms with Crippen molar-refractivity contribution in [1.82, 2.24) is 5.32 Å². The van der Waals surface area contributed by atoms with Crippen LogP contribution in [-0.4, -0.2) is 33.0 Å². The van der Waals surface area contributed by atoms with Gasteiger partial charge in [0, 0.05) is 12.3 Å². The molecule has 0 radical (unpaired) electrons. The van der Waals surface area contributed by atoms with Crippen LogP contribution in [0.5, 0.6) is 0 Å². The van der Waals surface area contributed by atoms with E-state index in [4.69, 9.17) is 0 Å². The number of rotatable bonds is 6. The third-order valence-corrected chi connectivity index (χ3v) is 4.07. The van der Waals surface area contributed by atoms with Crippen molar-refractivity contribution in [2.45, 2.75) is 45.1 Å². The van der Waals surface area contributed by atoms with Gasteiger partial charge in [-0.3, -0.25) is 0 Å². The van der Waals surface area contributed by atoms with E-state index < -0.39 is 9.84 Å². The molecule has 1 aliphatic carbocycles. The van der Waals surface area contributed by atoms with Crippen molar-refractivity contribution in [2.75, 3.05) is 18.6 Å². The molecule has 0 aliphatic heterocycles. The van der Waals surface area contributed by atoms with Crippen LogP contribution in [0.2, 0.25) is 0 Å². The van der Waals surface area contributed by atoms with E-state index in [0.717, 1.165) is 13.0 Å². The summed E-state index contributed by atoms with van der Waals surface area (Å²) in [6.45, 7) is 3.04. The fourth-order valence-corrected chi connectivity index (χ4v) is 3.42. The van der Waals surface area contributed by atoms with Crippen LogP contribution < -0.4 is 5.32 Å². The maximum atomic E-state index is 11.3. The van der Waals surface area contributed by atoms with Crippen LogP contribution >= 0.6 is 0 Å². The normalized spacial score (nSPS) is 20.7. The van der Waals surface area contributed by atoms with Gasteiger partial charge in [0.15, 0.2) is 0 Å². The molecule has 0 aromatic carbocycles. The van der Waals surface area contributed by atoms with Crippen LogP contribution in [-0.2, 0) is 9.84 Å². The number of hydrogen-bond acceptors (Lipinski definition) is 3. The number of nitrogens with one attached hydrogen (secondary N) is 1. The van der Waals surface area contributed by atoms with Gasteiger partial charge < -0.3 is 5.32 Å². The number of hydrogen-bond donors (Lipinski definition) is 1. The first-order valence-corrected chi connectivity index (χ1v) is 8.00. The second kappa shape index (κ2) is 5.85. The summed E-state index contributed by atoms with van der Waals surface area (Å²) >= 11 is 0. The Morgan fingerprint density at radius 3 is 2.40 bits per heavy atom. The molecule has 3 nitrogen and oxygen atoms in total. The van der Waals surface area contributed by atoms with Crippen molar-refractivity contribution >= 4 is 9.84 Å². The minimum Gasteiger partial charge on any atom is -0.313 e. The Labute approximate surface area is 93.6 Å². The van der Waals surface area contributed by atoms with E-state index in [1.165, 1.54) is 31.9 Å². The van der Waals surface area contributed by atoms with Crippen molar-refractivity contribution in [3.05, 3.63) is 0 Å². The smallest absolute Gasteiger partial charge is 0.148 e. The van der Waals surface area contributed by atoms with Crippen LogP contribution in [0.15, 0.2) is 0 Å². The molecule has 0 aromatic heterocycles. The highest BCUT2D eigenvalue weighted by molar-refractivity contribution is 7.90. The molecule has 1 N–H and O–H groups in total. The predicted octanol–water partition coefficient (Wildman–Crippen LogP) is 1.59. The Bertz CT molecular complexity index is 268. The minimum atomic E-state index is -2.85. The van der Waals surface area contributed by atoms with Crippen LogP contribution in [0.25, 0.3) is 0 Å². The van der Waals surface area contributed by atoms with Crippen LogP contribution in [0.1, 0.15) is 39.0 Å². The Kier molecular flexibility index (Phi) is 5.06. The van der Waals surface area contributed by atoms with Gasteiger partial charge >= 0.3 is 0 Å². The van der Waals surface area contributed by atoms with Crippen LogP contribution in [0.3, 0.4) is 0 Å². The van der Waals surface area contributed by atoms with Gasteiger partial charge in [-0.1, -0.05) is 19.8 Å². The van der Waals surface area contributed by atoms with Gasteiger partial charge in [-0.15, -0.1) is 0 Å². The molecule has 1 saturated carbocycles. The maximum absolute atomic E-state index is 11.3.